The predicted molar refractivity (Wildman–Crippen MR) is 161 cm³/mol. The molecule has 3 aliphatic heterocycles. The number of nitrogens with zero attached hydrogens (tertiary/aromatic N) is 4. The minimum atomic E-state index is -0.392. The van der Waals surface area contributed by atoms with Crippen LogP contribution in [-0.4, -0.2) is 70.1 Å². The third kappa shape index (κ3) is 6.85. The van der Waals surface area contributed by atoms with Gasteiger partial charge in [0, 0.05) is 43.3 Å². The summed E-state index contributed by atoms with van der Waals surface area (Å²) in [6.45, 7) is 8.46. The molecular formula is C28H30Cl3N7O3. The Morgan fingerprint density at radius 2 is 1.76 bits per heavy atom. The number of morpholine rings is 1. The van der Waals surface area contributed by atoms with E-state index in [-0.39, 0.29) is 11.9 Å². The van der Waals surface area contributed by atoms with E-state index in [9.17, 15) is 9.59 Å². The standard InChI is InChI=1S/C28H30Cl3N7O3/c1-16(2)24-23-26(38(36-24)25-20(30)14-18(29)15-21(25)31)34-22(35-27(23)39)13-17-3-5-19(6-4-17)33-28(40)32-7-8-37-9-11-41-12-10-37/h3-6,14-16,36H,7-13H2,1-2H3,(H2,32,33,40). The highest BCUT2D eigenvalue weighted by Gasteiger charge is 2.27. The van der Waals surface area contributed by atoms with E-state index >= 15 is 0 Å². The number of hydrogen-bond donors (Lipinski definition) is 3. The molecule has 0 unspecified atom stereocenters. The van der Waals surface area contributed by atoms with Crippen LogP contribution in [0.4, 0.5) is 10.5 Å². The molecule has 2 aromatic rings. The molecule has 13 heteroatoms. The summed E-state index contributed by atoms with van der Waals surface area (Å²) in [5.74, 6) is 0.706. The van der Waals surface area contributed by atoms with Crippen LogP contribution in [0.15, 0.2) is 41.2 Å². The highest BCUT2D eigenvalue weighted by atomic mass is 35.5. The molecule has 41 heavy (non-hydrogen) atoms. The summed E-state index contributed by atoms with van der Waals surface area (Å²) in [5, 5.41) is 9.98. The lowest BCUT2D eigenvalue weighted by Gasteiger charge is -2.26. The lowest BCUT2D eigenvalue weighted by molar-refractivity contribution is 0.0388. The molecule has 3 aliphatic rings. The molecule has 0 radical (unpaired) electrons. The van der Waals surface area contributed by atoms with Crippen molar-refractivity contribution in [1.29, 1.82) is 0 Å². The molecule has 1 fully saturated rings. The maximum Gasteiger partial charge on any atom is 0.319 e. The number of aromatic amines is 1. The molecule has 2 aromatic carbocycles. The number of carbonyl (C=O) groups is 1. The van der Waals surface area contributed by atoms with Crippen LogP contribution in [0.1, 0.15) is 36.8 Å². The smallest absolute Gasteiger partial charge is 0.319 e. The van der Waals surface area contributed by atoms with Crippen LogP contribution in [0.25, 0.3) is 17.1 Å². The number of benzene rings is 2. The van der Waals surface area contributed by atoms with Gasteiger partial charge in [0.05, 0.1) is 29.0 Å². The van der Waals surface area contributed by atoms with Crippen molar-refractivity contribution in [2.45, 2.75) is 26.2 Å². The average Bonchev–Trinajstić information content (AvgIpc) is 3.30. The number of halogens is 3. The summed E-state index contributed by atoms with van der Waals surface area (Å²) in [6.07, 6.45) is 0.307. The van der Waals surface area contributed by atoms with E-state index in [0.29, 0.717) is 62.3 Å². The molecule has 3 heterocycles. The van der Waals surface area contributed by atoms with Gasteiger partial charge in [-0.1, -0.05) is 60.8 Å². The van der Waals surface area contributed by atoms with Gasteiger partial charge in [0.25, 0.3) is 5.56 Å². The number of nitrogens with one attached hydrogen (secondary N) is 3. The Balaban J connectivity index is 1.32. The summed E-state index contributed by atoms with van der Waals surface area (Å²) >= 11 is 19.1. The Hall–Kier alpha value is -3.15. The van der Waals surface area contributed by atoms with E-state index in [1.54, 1.807) is 28.9 Å². The predicted octanol–water partition coefficient (Wildman–Crippen LogP) is 5.19. The number of hydrogen-bond acceptors (Lipinski definition) is 6. The zero-order valence-corrected chi connectivity index (χ0v) is 24.9. The van der Waals surface area contributed by atoms with Crippen molar-refractivity contribution in [2.75, 3.05) is 44.7 Å². The van der Waals surface area contributed by atoms with Crippen molar-refractivity contribution in [3.05, 3.63) is 78.9 Å². The van der Waals surface area contributed by atoms with Crippen LogP contribution in [0.5, 0.6) is 0 Å². The number of aromatic nitrogens is 4. The van der Waals surface area contributed by atoms with Crippen molar-refractivity contribution in [3.8, 4) is 17.1 Å². The molecule has 5 rings (SSSR count). The summed E-state index contributed by atoms with van der Waals surface area (Å²) < 4.78 is 6.96. The first-order valence-electron chi connectivity index (χ1n) is 13.3. The average molecular weight is 619 g/mol. The molecule has 0 aliphatic carbocycles. The van der Waals surface area contributed by atoms with Gasteiger partial charge in [0.15, 0.2) is 5.82 Å². The molecule has 0 saturated carbocycles. The molecule has 0 spiro atoms. The van der Waals surface area contributed by atoms with Gasteiger partial charge >= 0.3 is 6.03 Å². The second kappa shape index (κ2) is 12.8. The number of rotatable bonds is 8. The highest BCUT2D eigenvalue weighted by molar-refractivity contribution is 6.40. The van der Waals surface area contributed by atoms with Crippen LogP contribution in [0.3, 0.4) is 0 Å². The third-order valence-corrected chi connectivity index (χ3v) is 7.58. The van der Waals surface area contributed by atoms with Gasteiger partial charge in [0.1, 0.15) is 17.1 Å². The van der Waals surface area contributed by atoms with E-state index < -0.39 is 5.56 Å². The van der Waals surface area contributed by atoms with Crippen LogP contribution in [-0.2, 0) is 11.2 Å². The van der Waals surface area contributed by atoms with Gasteiger partial charge in [-0.2, -0.15) is 4.98 Å². The van der Waals surface area contributed by atoms with Crippen molar-refractivity contribution in [3.63, 3.8) is 0 Å². The molecule has 216 valence electrons. The third-order valence-electron chi connectivity index (χ3n) is 6.79. The summed E-state index contributed by atoms with van der Waals surface area (Å²) in [4.78, 5) is 36.8. The second-order valence-electron chi connectivity index (χ2n) is 10.1. The highest BCUT2D eigenvalue weighted by Crippen LogP contribution is 2.36. The number of H-pyrrole nitrogens is 1. The Bertz CT molecular complexity index is 1540. The summed E-state index contributed by atoms with van der Waals surface area (Å²) in [5.41, 5.74) is 2.63. The lowest BCUT2D eigenvalue weighted by atomic mass is 10.1. The van der Waals surface area contributed by atoms with E-state index in [2.05, 4.69) is 25.6 Å². The summed E-state index contributed by atoms with van der Waals surface area (Å²) in [6, 6.07) is 10.2. The summed E-state index contributed by atoms with van der Waals surface area (Å²) in [7, 11) is 0. The zero-order valence-electron chi connectivity index (χ0n) is 22.6. The lowest BCUT2D eigenvalue weighted by Crippen LogP contribution is -2.42. The van der Waals surface area contributed by atoms with E-state index in [0.717, 1.165) is 38.4 Å². The van der Waals surface area contributed by atoms with Crippen molar-refractivity contribution >= 4 is 46.5 Å². The quantitative estimate of drug-likeness (QED) is 0.250. The van der Waals surface area contributed by atoms with Crippen molar-refractivity contribution in [1.82, 2.24) is 30.0 Å². The molecule has 2 amide bonds. The Morgan fingerprint density at radius 3 is 2.41 bits per heavy atom. The minimum Gasteiger partial charge on any atom is -0.379 e. The fraction of sp³-hybridized carbons (Fsp3) is 0.357. The fourth-order valence-corrected chi connectivity index (χ4v) is 5.71. The molecule has 0 bridgehead atoms. The Labute approximate surface area is 252 Å². The number of anilines is 1. The Kier molecular flexibility index (Phi) is 9.16. The van der Waals surface area contributed by atoms with Crippen LogP contribution < -0.4 is 16.2 Å². The molecule has 1 saturated heterocycles. The number of ether oxygens (including phenoxy) is 1. The normalized spacial score (nSPS) is 14.1. The van der Waals surface area contributed by atoms with Crippen molar-refractivity contribution < 1.29 is 9.53 Å². The van der Waals surface area contributed by atoms with Gasteiger partial charge in [-0.25, -0.2) is 14.5 Å². The number of amides is 2. The SMILES string of the molecule is CC(C)c1[nH]n(-c2c(Cl)cc(Cl)cc2Cl)c2nc(Cc3ccc(NC(=O)NCCN4CCOCC4)cc3)nc(=O)c1-2. The van der Waals surface area contributed by atoms with E-state index in [1.165, 1.54) is 0 Å². The maximum atomic E-state index is 13.2. The molecule has 3 N–H and O–H groups in total. The van der Waals surface area contributed by atoms with E-state index in [1.807, 2.05) is 26.0 Å². The van der Waals surface area contributed by atoms with Crippen LogP contribution in [0, 0.1) is 0 Å². The van der Waals surface area contributed by atoms with Gasteiger partial charge in [-0.05, 0) is 35.7 Å². The first-order chi connectivity index (χ1) is 19.7. The minimum absolute atomic E-state index is 0.0117. The van der Waals surface area contributed by atoms with E-state index in [4.69, 9.17) is 44.5 Å². The molecule has 0 aromatic heterocycles. The monoisotopic (exact) mass is 617 g/mol. The Morgan fingerprint density at radius 1 is 1.07 bits per heavy atom. The van der Waals surface area contributed by atoms with Gasteiger partial charge in [-0.15, -0.1) is 0 Å². The zero-order chi connectivity index (χ0) is 29.1. The maximum absolute atomic E-state index is 13.2. The van der Waals surface area contributed by atoms with Crippen molar-refractivity contribution in [2.24, 2.45) is 0 Å². The first-order valence-corrected chi connectivity index (χ1v) is 14.4. The first kappa shape index (κ1) is 29.3. The number of carbonyl (C=O) groups excluding carboxylic acids is 1. The molecule has 0 atom stereocenters. The van der Waals surface area contributed by atoms with Crippen LogP contribution >= 0.6 is 34.8 Å². The largest absolute Gasteiger partial charge is 0.379 e. The molecular weight excluding hydrogens is 589 g/mol. The van der Waals surface area contributed by atoms with Gasteiger partial charge in [-0.3, -0.25) is 14.8 Å². The molecule has 10 nitrogen and oxygen atoms in total. The van der Waals surface area contributed by atoms with Gasteiger partial charge < -0.3 is 15.4 Å². The number of urea groups is 1. The van der Waals surface area contributed by atoms with Gasteiger partial charge in [0.2, 0.25) is 0 Å². The fourth-order valence-electron chi connectivity index (χ4n) is 4.72. The number of fused-ring (bicyclic) bond motifs is 1. The topological polar surface area (TPSA) is 117 Å². The van der Waals surface area contributed by atoms with Crippen LogP contribution in [0.2, 0.25) is 15.1 Å². The second-order valence-corrected chi connectivity index (χ2v) is 11.3.